The molecule has 114 valence electrons. The molecule has 0 radical (unpaired) electrons. The van der Waals surface area contributed by atoms with Crippen LogP contribution in [-0.2, 0) is 21.3 Å². The van der Waals surface area contributed by atoms with Crippen molar-refractivity contribution in [2.75, 3.05) is 26.8 Å². The quantitative estimate of drug-likeness (QED) is 0.782. The summed E-state index contributed by atoms with van der Waals surface area (Å²) in [4.78, 5) is 13.9. The maximum atomic E-state index is 12.4. The molecule has 0 saturated heterocycles. The van der Waals surface area contributed by atoms with Crippen LogP contribution in [0.15, 0.2) is 17.2 Å². The van der Waals surface area contributed by atoms with Crippen molar-refractivity contribution in [2.24, 2.45) is 5.14 Å². The van der Waals surface area contributed by atoms with Gasteiger partial charge in [0.05, 0.1) is 6.61 Å². The zero-order chi connectivity index (χ0) is 15.3. The summed E-state index contributed by atoms with van der Waals surface area (Å²) in [5.74, 6) is -0.221. The molecule has 8 heteroatoms. The highest BCUT2D eigenvalue weighted by atomic mass is 32.2. The second-order valence-corrected chi connectivity index (χ2v) is 5.83. The molecule has 0 atom stereocenters. The highest BCUT2D eigenvalue weighted by molar-refractivity contribution is 7.89. The normalized spacial score (nSPS) is 11.6. The summed E-state index contributed by atoms with van der Waals surface area (Å²) in [6.45, 7) is 5.59. The first kappa shape index (κ1) is 16.7. The number of sulfonamides is 1. The topological polar surface area (TPSA) is 94.6 Å². The molecule has 0 saturated carbocycles. The van der Waals surface area contributed by atoms with Crippen LogP contribution in [0.4, 0.5) is 0 Å². The van der Waals surface area contributed by atoms with Crippen LogP contribution in [0.3, 0.4) is 0 Å². The highest BCUT2D eigenvalue weighted by Gasteiger charge is 2.21. The van der Waals surface area contributed by atoms with Crippen LogP contribution in [0.1, 0.15) is 24.3 Å². The third kappa shape index (κ3) is 3.81. The molecule has 1 amide bonds. The molecule has 1 rings (SSSR count). The van der Waals surface area contributed by atoms with E-state index in [-0.39, 0.29) is 10.8 Å². The minimum absolute atomic E-state index is 0.0656. The van der Waals surface area contributed by atoms with E-state index in [9.17, 15) is 13.2 Å². The molecule has 2 N–H and O–H groups in total. The monoisotopic (exact) mass is 303 g/mol. The number of nitrogens with zero attached hydrogens (tertiary/aromatic N) is 2. The van der Waals surface area contributed by atoms with Gasteiger partial charge in [0, 0.05) is 32.9 Å². The van der Waals surface area contributed by atoms with E-state index in [1.165, 1.54) is 19.4 Å². The van der Waals surface area contributed by atoms with Crippen molar-refractivity contribution < 1.29 is 17.9 Å². The number of hydrogen-bond acceptors (Lipinski definition) is 4. The predicted octanol–water partition coefficient (Wildman–Crippen LogP) is 0.264. The van der Waals surface area contributed by atoms with Crippen LogP contribution in [0.5, 0.6) is 0 Å². The standard InChI is InChI=1S/C12H21N3O4S/c1-4-14(5-2)12(16)11-8-10(20(13,17)18)9-15(11)6-7-19-3/h8-9H,4-7H2,1-3H3,(H2,13,17,18). The molecule has 1 heterocycles. The number of primary sulfonamides is 1. The van der Waals surface area contributed by atoms with Gasteiger partial charge in [0.15, 0.2) is 0 Å². The van der Waals surface area contributed by atoms with Gasteiger partial charge in [-0.15, -0.1) is 0 Å². The Morgan fingerprint density at radius 3 is 2.45 bits per heavy atom. The summed E-state index contributed by atoms with van der Waals surface area (Å²) in [7, 11) is -2.30. The fraction of sp³-hybridized carbons (Fsp3) is 0.583. The SMILES string of the molecule is CCN(CC)C(=O)c1cc(S(N)(=O)=O)cn1CCOC. The lowest BCUT2D eigenvalue weighted by molar-refractivity contribution is 0.0759. The van der Waals surface area contributed by atoms with Crippen LogP contribution in [-0.4, -0.2) is 50.6 Å². The van der Waals surface area contributed by atoms with Crippen LogP contribution in [0.2, 0.25) is 0 Å². The van der Waals surface area contributed by atoms with Crippen molar-refractivity contribution >= 4 is 15.9 Å². The lowest BCUT2D eigenvalue weighted by atomic mass is 10.3. The van der Waals surface area contributed by atoms with E-state index < -0.39 is 10.0 Å². The largest absolute Gasteiger partial charge is 0.383 e. The molecule has 0 aliphatic carbocycles. The van der Waals surface area contributed by atoms with E-state index in [0.717, 1.165) is 0 Å². The summed E-state index contributed by atoms with van der Waals surface area (Å²) < 4.78 is 29.3. The van der Waals surface area contributed by atoms with E-state index >= 15 is 0 Å². The number of aromatic nitrogens is 1. The van der Waals surface area contributed by atoms with Gasteiger partial charge in [-0.25, -0.2) is 13.6 Å². The number of hydrogen-bond donors (Lipinski definition) is 1. The Balaban J connectivity index is 3.21. The van der Waals surface area contributed by atoms with E-state index in [1.54, 1.807) is 9.47 Å². The smallest absolute Gasteiger partial charge is 0.270 e. The molecular formula is C12H21N3O4S. The van der Waals surface area contributed by atoms with Crippen molar-refractivity contribution in [1.29, 1.82) is 0 Å². The van der Waals surface area contributed by atoms with Gasteiger partial charge < -0.3 is 14.2 Å². The number of amides is 1. The molecule has 0 aliphatic heterocycles. The minimum Gasteiger partial charge on any atom is -0.383 e. The third-order valence-corrected chi connectivity index (χ3v) is 3.89. The summed E-state index contributed by atoms with van der Waals surface area (Å²) in [5, 5.41) is 5.11. The van der Waals surface area contributed by atoms with Crippen molar-refractivity contribution in [3.8, 4) is 0 Å². The Hall–Kier alpha value is -1.38. The predicted molar refractivity (Wildman–Crippen MR) is 74.9 cm³/mol. The van der Waals surface area contributed by atoms with Crippen molar-refractivity contribution in [3.63, 3.8) is 0 Å². The summed E-state index contributed by atoms with van der Waals surface area (Å²) in [5.41, 5.74) is 0.301. The van der Waals surface area contributed by atoms with Crippen molar-refractivity contribution in [1.82, 2.24) is 9.47 Å². The first-order valence-corrected chi connectivity index (χ1v) is 7.90. The third-order valence-electron chi connectivity index (χ3n) is 3.01. The molecule has 1 aromatic rings. The van der Waals surface area contributed by atoms with E-state index in [0.29, 0.717) is 31.9 Å². The molecule has 0 spiro atoms. The summed E-state index contributed by atoms with van der Waals surface area (Å²) >= 11 is 0. The van der Waals surface area contributed by atoms with Gasteiger partial charge in [-0.3, -0.25) is 4.79 Å². The van der Waals surface area contributed by atoms with Crippen LogP contribution in [0, 0.1) is 0 Å². The Kier molecular flexibility index (Phi) is 5.73. The molecule has 1 aromatic heterocycles. The number of methoxy groups -OCH3 is 1. The highest BCUT2D eigenvalue weighted by Crippen LogP contribution is 2.15. The average molecular weight is 303 g/mol. The molecule has 0 aliphatic rings. The lowest BCUT2D eigenvalue weighted by Gasteiger charge is -2.19. The van der Waals surface area contributed by atoms with Gasteiger partial charge >= 0.3 is 0 Å². The van der Waals surface area contributed by atoms with Gasteiger partial charge in [0.1, 0.15) is 10.6 Å². The van der Waals surface area contributed by atoms with Gasteiger partial charge in [0.25, 0.3) is 5.91 Å². The zero-order valence-electron chi connectivity index (χ0n) is 12.0. The molecule has 0 bridgehead atoms. The van der Waals surface area contributed by atoms with Crippen LogP contribution < -0.4 is 5.14 Å². The number of rotatable bonds is 7. The van der Waals surface area contributed by atoms with Crippen molar-refractivity contribution in [3.05, 3.63) is 18.0 Å². The second-order valence-electron chi connectivity index (χ2n) is 4.27. The Bertz CT molecular complexity index is 561. The first-order valence-electron chi connectivity index (χ1n) is 6.36. The lowest BCUT2D eigenvalue weighted by Crippen LogP contribution is -2.32. The number of carbonyl (C=O) groups excluding carboxylic acids is 1. The summed E-state index contributed by atoms with van der Waals surface area (Å²) in [6.07, 6.45) is 1.37. The Morgan fingerprint density at radius 2 is 2.00 bits per heavy atom. The first-order chi connectivity index (χ1) is 9.35. The van der Waals surface area contributed by atoms with Gasteiger partial charge in [0.2, 0.25) is 10.0 Å². The fourth-order valence-corrected chi connectivity index (χ4v) is 2.42. The molecule has 20 heavy (non-hydrogen) atoms. The van der Waals surface area contributed by atoms with Crippen LogP contribution in [0.25, 0.3) is 0 Å². The molecule has 0 unspecified atom stereocenters. The van der Waals surface area contributed by atoms with Crippen LogP contribution >= 0.6 is 0 Å². The number of nitrogens with two attached hydrogens (primary N) is 1. The molecule has 0 aromatic carbocycles. The maximum absolute atomic E-state index is 12.4. The Labute approximate surface area is 119 Å². The second kappa shape index (κ2) is 6.87. The van der Waals surface area contributed by atoms with Gasteiger partial charge in [-0.05, 0) is 19.9 Å². The fourth-order valence-electron chi connectivity index (χ4n) is 1.87. The van der Waals surface area contributed by atoms with E-state index in [2.05, 4.69) is 0 Å². The summed E-state index contributed by atoms with van der Waals surface area (Å²) in [6, 6.07) is 1.31. The zero-order valence-corrected chi connectivity index (χ0v) is 12.8. The van der Waals surface area contributed by atoms with Crippen molar-refractivity contribution in [2.45, 2.75) is 25.3 Å². The van der Waals surface area contributed by atoms with E-state index in [1.807, 2.05) is 13.8 Å². The molecular weight excluding hydrogens is 282 g/mol. The van der Waals surface area contributed by atoms with E-state index in [4.69, 9.17) is 9.88 Å². The molecule has 7 nitrogen and oxygen atoms in total. The number of ether oxygens (including phenoxy) is 1. The number of carbonyl (C=O) groups is 1. The average Bonchev–Trinajstić information content (AvgIpc) is 2.81. The maximum Gasteiger partial charge on any atom is 0.270 e. The van der Waals surface area contributed by atoms with Gasteiger partial charge in [-0.1, -0.05) is 0 Å². The minimum atomic E-state index is -3.83. The van der Waals surface area contributed by atoms with Gasteiger partial charge in [-0.2, -0.15) is 0 Å². The Morgan fingerprint density at radius 1 is 1.40 bits per heavy atom. The molecule has 0 fully saturated rings.